The molecule has 1 aliphatic carbocycles. The molecule has 0 radical (unpaired) electrons. The second-order valence-corrected chi connectivity index (χ2v) is 6.29. The van der Waals surface area contributed by atoms with Crippen LogP contribution in [0.4, 0.5) is 13.2 Å². The van der Waals surface area contributed by atoms with E-state index in [4.69, 9.17) is 0 Å². The Morgan fingerprint density at radius 2 is 1.67 bits per heavy atom. The van der Waals surface area contributed by atoms with Gasteiger partial charge in [0.05, 0.1) is 5.60 Å². The van der Waals surface area contributed by atoms with Crippen molar-refractivity contribution in [3.05, 3.63) is 0 Å². The molecule has 0 amide bonds. The summed E-state index contributed by atoms with van der Waals surface area (Å²) in [6, 6.07) is 0. The molecule has 0 aliphatic heterocycles. The third kappa shape index (κ3) is 4.79. The van der Waals surface area contributed by atoms with Gasteiger partial charge in [-0.2, -0.15) is 13.2 Å². The first kappa shape index (κ1) is 15.8. The van der Waals surface area contributed by atoms with E-state index in [9.17, 15) is 18.3 Å². The van der Waals surface area contributed by atoms with Crippen LogP contribution in [-0.2, 0) is 0 Å². The predicted octanol–water partition coefficient (Wildman–Crippen LogP) is 4.54. The van der Waals surface area contributed by atoms with Crippen molar-refractivity contribution in [3.63, 3.8) is 0 Å². The zero-order valence-corrected chi connectivity index (χ0v) is 11.6. The minimum absolute atomic E-state index is 0.0247. The molecule has 1 fully saturated rings. The predicted molar refractivity (Wildman–Crippen MR) is 66.2 cm³/mol. The first-order valence-electron chi connectivity index (χ1n) is 6.91. The molecule has 4 heteroatoms. The smallest absolute Gasteiger partial charge is 0.389 e. The highest BCUT2D eigenvalue weighted by atomic mass is 19.4. The molecule has 1 aliphatic rings. The van der Waals surface area contributed by atoms with Gasteiger partial charge in [0.1, 0.15) is 0 Å². The lowest BCUT2D eigenvalue weighted by Crippen LogP contribution is -2.39. The molecule has 0 aromatic carbocycles. The van der Waals surface area contributed by atoms with E-state index < -0.39 is 18.2 Å². The van der Waals surface area contributed by atoms with E-state index in [0.29, 0.717) is 11.8 Å². The summed E-state index contributed by atoms with van der Waals surface area (Å²) in [4.78, 5) is 0. The molecule has 108 valence electrons. The molecule has 0 saturated heterocycles. The summed E-state index contributed by atoms with van der Waals surface area (Å²) >= 11 is 0. The fraction of sp³-hybridized carbons (Fsp3) is 1.00. The van der Waals surface area contributed by atoms with Gasteiger partial charge in [0, 0.05) is 6.42 Å². The van der Waals surface area contributed by atoms with Crippen molar-refractivity contribution in [1.82, 2.24) is 0 Å². The van der Waals surface area contributed by atoms with Crippen molar-refractivity contribution in [2.45, 2.75) is 71.1 Å². The molecule has 0 heterocycles. The van der Waals surface area contributed by atoms with Gasteiger partial charge in [-0.3, -0.25) is 0 Å². The van der Waals surface area contributed by atoms with E-state index in [1.165, 1.54) is 0 Å². The molecule has 4 atom stereocenters. The molecule has 0 bridgehead atoms. The van der Waals surface area contributed by atoms with Crippen LogP contribution in [0.3, 0.4) is 0 Å². The monoisotopic (exact) mass is 266 g/mol. The van der Waals surface area contributed by atoms with Crippen LogP contribution in [0.1, 0.15) is 59.3 Å². The van der Waals surface area contributed by atoms with Gasteiger partial charge >= 0.3 is 6.18 Å². The van der Waals surface area contributed by atoms with Crippen molar-refractivity contribution in [2.75, 3.05) is 0 Å². The van der Waals surface area contributed by atoms with E-state index in [1.54, 1.807) is 6.92 Å². The lowest BCUT2D eigenvalue weighted by molar-refractivity contribution is -0.139. The average Bonchev–Trinajstić information content (AvgIpc) is 2.19. The fourth-order valence-corrected chi connectivity index (χ4v) is 2.96. The van der Waals surface area contributed by atoms with Crippen LogP contribution in [-0.4, -0.2) is 16.9 Å². The van der Waals surface area contributed by atoms with Crippen LogP contribution in [0.2, 0.25) is 0 Å². The van der Waals surface area contributed by atoms with E-state index in [-0.39, 0.29) is 18.8 Å². The molecular weight excluding hydrogens is 241 g/mol. The van der Waals surface area contributed by atoms with Crippen LogP contribution in [0.5, 0.6) is 0 Å². The van der Waals surface area contributed by atoms with Gasteiger partial charge in [0.15, 0.2) is 0 Å². The molecule has 18 heavy (non-hydrogen) atoms. The summed E-state index contributed by atoms with van der Waals surface area (Å²) in [5.74, 6) is 1.36. The van der Waals surface area contributed by atoms with Crippen LogP contribution in [0, 0.1) is 17.8 Å². The zero-order chi connectivity index (χ0) is 14.0. The normalized spacial score (nSPS) is 33.2. The molecule has 0 aromatic rings. The molecule has 0 aromatic heterocycles. The van der Waals surface area contributed by atoms with Crippen LogP contribution >= 0.6 is 0 Å². The number of hydrogen-bond acceptors (Lipinski definition) is 1. The Morgan fingerprint density at radius 3 is 2.17 bits per heavy atom. The standard InChI is InChI=1S/C14H25F3O/c1-10-5-6-12(9-11(10)2)13(3,18)7-4-8-14(15,16)17/h10-12,18H,4-9H2,1-3H3. The molecule has 1 saturated carbocycles. The van der Waals surface area contributed by atoms with Crippen molar-refractivity contribution < 1.29 is 18.3 Å². The van der Waals surface area contributed by atoms with Crippen molar-refractivity contribution >= 4 is 0 Å². The van der Waals surface area contributed by atoms with E-state index in [1.807, 2.05) is 0 Å². The number of hydrogen-bond donors (Lipinski definition) is 1. The van der Waals surface area contributed by atoms with Crippen LogP contribution in [0.15, 0.2) is 0 Å². The van der Waals surface area contributed by atoms with E-state index >= 15 is 0 Å². The highest BCUT2D eigenvalue weighted by molar-refractivity contribution is 4.87. The topological polar surface area (TPSA) is 20.2 Å². The Morgan fingerprint density at radius 1 is 1.06 bits per heavy atom. The van der Waals surface area contributed by atoms with E-state index in [0.717, 1.165) is 19.3 Å². The number of rotatable bonds is 4. The zero-order valence-electron chi connectivity index (χ0n) is 11.6. The quantitative estimate of drug-likeness (QED) is 0.792. The second kappa shape index (κ2) is 5.81. The second-order valence-electron chi connectivity index (χ2n) is 6.29. The van der Waals surface area contributed by atoms with Gasteiger partial charge < -0.3 is 5.11 Å². The maximum atomic E-state index is 12.1. The van der Waals surface area contributed by atoms with E-state index in [2.05, 4.69) is 13.8 Å². The number of halogens is 3. The minimum Gasteiger partial charge on any atom is -0.390 e. The number of aliphatic hydroxyl groups is 1. The first-order valence-corrected chi connectivity index (χ1v) is 6.91. The fourth-order valence-electron chi connectivity index (χ4n) is 2.96. The third-order valence-electron chi connectivity index (χ3n) is 4.62. The highest BCUT2D eigenvalue weighted by Gasteiger charge is 2.37. The summed E-state index contributed by atoms with van der Waals surface area (Å²) in [7, 11) is 0. The summed E-state index contributed by atoms with van der Waals surface area (Å²) < 4.78 is 36.3. The third-order valence-corrected chi connectivity index (χ3v) is 4.62. The Labute approximate surface area is 108 Å². The van der Waals surface area contributed by atoms with Gasteiger partial charge in [-0.25, -0.2) is 0 Å². The maximum Gasteiger partial charge on any atom is 0.389 e. The van der Waals surface area contributed by atoms with Crippen molar-refractivity contribution in [1.29, 1.82) is 0 Å². The molecular formula is C14H25F3O. The summed E-state index contributed by atoms with van der Waals surface area (Å²) in [6.07, 6.45) is -1.69. The van der Waals surface area contributed by atoms with Gasteiger partial charge in [-0.15, -0.1) is 0 Å². The molecule has 4 unspecified atom stereocenters. The number of alkyl halides is 3. The average molecular weight is 266 g/mol. The molecule has 1 rings (SSSR count). The summed E-state index contributed by atoms with van der Waals surface area (Å²) in [6.45, 7) is 6.08. The highest BCUT2D eigenvalue weighted by Crippen LogP contribution is 2.41. The molecule has 0 spiro atoms. The molecule has 1 nitrogen and oxygen atoms in total. The molecule has 1 N–H and O–H groups in total. The van der Waals surface area contributed by atoms with Gasteiger partial charge in [0.2, 0.25) is 0 Å². The maximum absolute atomic E-state index is 12.1. The first-order chi connectivity index (χ1) is 8.12. The summed E-state index contributed by atoms with van der Waals surface area (Å²) in [5.41, 5.74) is -0.945. The van der Waals surface area contributed by atoms with Crippen LogP contribution in [0.25, 0.3) is 0 Å². The largest absolute Gasteiger partial charge is 0.390 e. The minimum atomic E-state index is -4.11. The Balaban J connectivity index is 2.43. The SMILES string of the molecule is CC1CCC(C(C)(O)CCCC(F)(F)F)CC1C. The lowest BCUT2D eigenvalue weighted by atomic mass is 9.69. The van der Waals surface area contributed by atoms with Gasteiger partial charge in [-0.05, 0) is 50.4 Å². The van der Waals surface area contributed by atoms with Crippen molar-refractivity contribution in [3.8, 4) is 0 Å². The van der Waals surface area contributed by atoms with Gasteiger partial charge in [-0.1, -0.05) is 20.3 Å². The Hall–Kier alpha value is -0.250. The lowest BCUT2D eigenvalue weighted by Gasteiger charge is -2.40. The summed E-state index contributed by atoms with van der Waals surface area (Å²) in [5, 5.41) is 10.4. The van der Waals surface area contributed by atoms with Crippen molar-refractivity contribution in [2.24, 2.45) is 17.8 Å². The Kier molecular flexibility index (Phi) is 5.10. The Bertz CT molecular complexity index is 260. The van der Waals surface area contributed by atoms with Gasteiger partial charge in [0.25, 0.3) is 0 Å². The van der Waals surface area contributed by atoms with Crippen LogP contribution < -0.4 is 0 Å².